The summed E-state index contributed by atoms with van der Waals surface area (Å²) < 4.78 is 21.9. The molecule has 44 heavy (non-hydrogen) atoms. The van der Waals surface area contributed by atoms with Crippen LogP contribution in [0.4, 0.5) is 5.69 Å². The zero-order chi connectivity index (χ0) is 31.1. The first-order chi connectivity index (χ1) is 21.2. The van der Waals surface area contributed by atoms with Crippen molar-refractivity contribution in [3.63, 3.8) is 0 Å². The van der Waals surface area contributed by atoms with Gasteiger partial charge in [0.15, 0.2) is 5.76 Å². The standard InChI is InChI=1S/C33H30N4O6S/c1-23-14-16-43-31(23)33(41)35-27-8-5-7-24(18-27)12-13-25-17-26(20-34-19-25)32(40)36-44(42,29-10-3-2-4-11-29)22-30(39)37-15-6-9-28(38)21-37/h2-5,7-8,10-11,14,16-20,22,28,38H,6,9,15,21H2,1H3,(H,35,41)(H,36,40,42). The Morgan fingerprint density at radius 1 is 1.02 bits per heavy atom. The summed E-state index contributed by atoms with van der Waals surface area (Å²) >= 11 is 0. The molecule has 3 N–H and O–H groups in total. The van der Waals surface area contributed by atoms with Gasteiger partial charge in [0, 0.05) is 47.9 Å². The van der Waals surface area contributed by atoms with Crippen LogP contribution in [0.3, 0.4) is 0 Å². The summed E-state index contributed by atoms with van der Waals surface area (Å²) in [6.07, 6.45) is 4.83. The predicted molar refractivity (Wildman–Crippen MR) is 166 cm³/mol. The van der Waals surface area contributed by atoms with Gasteiger partial charge in [0.2, 0.25) is 0 Å². The van der Waals surface area contributed by atoms with Gasteiger partial charge in [-0.2, -0.15) is 0 Å². The van der Waals surface area contributed by atoms with E-state index in [9.17, 15) is 23.7 Å². The predicted octanol–water partition coefficient (Wildman–Crippen LogP) is 3.41. The number of aromatic nitrogens is 1. The Morgan fingerprint density at radius 2 is 1.82 bits per heavy atom. The van der Waals surface area contributed by atoms with Crippen LogP contribution < -0.4 is 10.0 Å². The maximum atomic E-state index is 14.1. The van der Waals surface area contributed by atoms with Crippen LogP contribution in [0.5, 0.6) is 0 Å². The van der Waals surface area contributed by atoms with E-state index < -0.39 is 27.6 Å². The maximum absolute atomic E-state index is 14.1. The molecule has 5 rings (SSSR count). The summed E-state index contributed by atoms with van der Waals surface area (Å²) in [6.45, 7) is 2.34. The fraction of sp³-hybridized carbons (Fsp3) is 0.182. The summed E-state index contributed by atoms with van der Waals surface area (Å²) in [5, 5.41) is 13.8. The molecule has 0 bridgehead atoms. The lowest BCUT2D eigenvalue weighted by atomic mass is 10.1. The normalized spacial score (nSPS) is 15.7. The molecule has 0 spiro atoms. The molecule has 1 fully saturated rings. The molecule has 0 radical (unpaired) electrons. The topological polar surface area (TPSA) is 142 Å². The van der Waals surface area contributed by atoms with E-state index in [-0.39, 0.29) is 28.7 Å². The third kappa shape index (κ3) is 7.42. The van der Waals surface area contributed by atoms with E-state index in [1.54, 1.807) is 67.6 Å². The number of aliphatic hydroxyl groups excluding tert-OH is 1. The lowest BCUT2D eigenvalue weighted by molar-refractivity contribution is -0.126. The first-order valence-corrected chi connectivity index (χ1v) is 15.5. The number of benzene rings is 2. The number of hydrogen-bond acceptors (Lipinski definition) is 7. The summed E-state index contributed by atoms with van der Waals surface area (Å²) in [5.74, 6) is 4.58. The third-order valence-corrected chi connectivity index (χ3v) is 8.85. The Bertz CT molecular complexity index is 1880. The number of hydrogen-bond donors (Lipinski definition) is 3. The first kappa shape index (κ1) is 30.3. The molecule has 0 saturated carbocycles. The Labute approximate surface area is 255 Å². The van der Waals surface area contributed by atoms with Crippen LogP contribution in [-0.2, 0) is 14.5 Å². The number of carbonyl (C=O) groups excluding carboxylic acids is 3. The minimum Gasteiger partial charge on any atom is -0.459 e. The fourth-order valence-corrected chi connectivity index (χ4v) is 6.29. The monoisotopic (exact) mass is 610 g/mol. The molecule has 1 saturated heterocycles. The SMILES string of the molecule is Cc1ccoc1C(=O)Nc1cccc(C#Cc2cncc(C(=O)NS(=O)(=CC(=O)N3CCCC(O)C3)c3ccccc3)c2)c1. The number of aryl methyl sites for hydroxylation is 1. The molecule has 2 aromatic heterocycles. The number of nitrogens with zero attached hydrogens (tertiary/aromatic N) is 2. The van der Waals surface area contributed by atoms with E-state index in [0.29, 0.717) is 36.2 Å². The summed E-state index contributed by atoms with van der Waals surface area (Å²) in [6, 6.07) is 18.4. The van der Waals surface area contributed by atoms with Crippen LogP contribution in [0.25, 0.3) is 0 Å². The average Bonchev–Trinajstić information content (AvgIpc) is 3.46. The van der Waals surface area contributed by atoms with Crippen molar-refractivity contribution in [2.75, 3.05) is 18.4 Å². The summed E-state index contributed by atoms with van der Waals surface area (Å²) in [7, 11) is -3.49. The Balaban J connectivity index is 1.35. The number of amides is 3. The van der Waals surface area contributed by atoms with Gasteiger partial charge in [0.25, 0.3) is 17.7 Å². The van der Waals surface area contributed by atoms with Crippen LogP contribution >= 0.6 is 0 Å². The fourth-order valence-electron chi connectivity index (χ4n) is 4.59. The molecule has 1 aliphatic rings. The number of pyridine rings is 1. The lowest BCUT2D eigenvalue weighted by Crippen LogP contribution is -2.44. The van der Waals surface area contributed by atoms with E-state index in [1.807, 2.05) is 0 Å². The zero-order valence-corrected chi connectivity index (χ0v) is 24.7. The molecule has 3 amide bonds. The second-order valence-electron chi connectivity index (χ2n) is 10.2. The quantitative estimate of drug-likeness (QED) is 0.224. The Kier molecular flexibility index (Phi) is 9.23. The zero-order valence-electron chi connectivity index (χ0n) is 23.9. The van der Waals surface area contributed by atoms with Gasteiger partial charge >= 0.3 is 0 Å². The van der Waals surface area contributed by atoms with E-state index in [1.165, 1.54) is 29.6 Å². The summed E-state index contributed by atoms with van der Waals surface area (Å²) in [4.78, 5) is 44.7. The van der Waals surface area contributed by atoms with Crippen molar-refractivity contribution in [2.24, 2.45) is 0 Å². The number of likely N-dealkylation sites (tertiary alicyclic amines) is 1. The van der Waals surface area contributed by atoms with E-state index >= 15 is 0 Å². The number of piperidine rings is 1. The van der Waals surface area contributed by atoms with Crippen molar-refractivity contribution in [3.05, 3.63) is 113 Å². The second kappa shape index (κ2) is 13.4. The highest BCUT2D eigenvalue weighted by Crippen LogP contribution is 2.16. The third-order valence-electron chi connectivity index (χ3n) is 6.85. The molecule has 224 valence electrons. The van der Waals surface area contributed by atoms with Crippen molar-refractivity contribution in [1.82, 2.24) is 14.6 Å². The Hall–Kier alpha value is -5.18. The first-order valence-electron chi connectivity index (χ1n) is 13.9. The average molecular weight is 611 g/mol. The molecular formula is C33H30N4O6S. The largest absolute Gasteiger partial charge is 0.459 e. The van der Waals surface area contributed by atoms with Gasteiger partial charge < -0.3 is 19.7 Å². The molecule has 3 heterocycles. The molecular weight excluding hydrogens is 580 g/mol. The molecule has 0 aliphatic carbocycles. The molecule has 1 aliphatic heterocycles. The number of aliphatic hydroxyl groups is 1. The smallest absolute Gasteiger partial charge is 0.291 e. The van der Waals surface area contributed by atoms with Crippen LogP contribution in [0.2, 0.25) is 0 Å². The van der Waals surface area contributed by atoms with Gasteiger partial charge in [0.1, 0.15) is 0 Å². The van der Waals surface area contributed by atoms with Crippen molar-refractivity contribution in [2.45, 2.75) is 30.8 Å². The van der Waals surface area contributed by atoms with E-state index in [4.69, 9.17) is 4.42 Å². The highest BCUT2D eigenvalue weighted by molar-refractivity contribution is 8.01. The summed E-state index contributed by atoms with van der Waals surface area (Å²) in [5.41, 5.74) is 2.39. The van der Waals surface area contributed by atoms with Crippen LogP contribution in [0, 0.1) is 18.8 Å². The number of rotatable bonds is 6. The van der Waals surface area contributed by atoms with E-state index in [0.717, 1.165) is 10.9 Å². The number of β-amino-alcohol motifs (C(OH)–C–C–N with tert-alkyl or cyclic N) is 1. The van der Waals surface area contributed by atoms with Crippen LogP contribution in [0.1, 0.15) is 50.4 Å². The molecule has 2 atom stereocenters. The second-order valence-corrected chi connectivity index (χ2v) is 12.3. The van der Waals surface area contributed by atoms with Crippen LogP contribution in [-0.4, -0.2) is 61.5 Å². The lowest BCUT2D eigenvalue weighted by Gasteiger charge is -2.29. The number of nitrogens with one attached hydrogen (secondary N) is 2. The van der Waals surface area contributed by atoms with Gasteiger partial charge in [0.05, 0.1) is 37.9 Å². The van der Waals surface area contributed by atoms with Crippen molar-refractivity contribution in [1.29, 1.82) is 0 Å². The maximum Gasteiger partial charge on any atom is 0.291 e. The minimum absolute atomic E-state index is 0.101. The number of furan rings is 1. The van der Waals surface area contributed by atoms with Crippen molar-refractivity contribution < 1.29 is 28.1 Å². The van der Waals surface area contributed by atoms with Gasteiger partial charge in [-0.25, -0.2) is 4.21 Å². The van der Waals surface area contributed by atoms with Crippen LogP contribution in [0.15, 0.2) is 94.7 Å². The van der Waals surface area contributed by atoms with Gasteiger partial charge in [-0.05, 0) is 62.2 Å². The molecule has 10 nitrogen and oxygen atoms in total. The van der Waals surface area contributed by atoms with E-state index in [2.05, 4.69) is 26.9 Å². The molecule has 2 unspecified atom stereocenters. The highest BCUT2D eigenvalue weighted by Gasteiger charge is 2.24. The van der Waals surface area contributed by atoms with Gasteiger partial charge in [-0.15, -0.1) is 0 Å². The van der Waals surface area contributed by atoms with Crippen molar-refractivity contribution >= 4 is 38.5 Å². The Morgan fingerprint density at radius 3 is 2.57 bits per heavy atom. The molecule has 4 aromatic rings. The number of carbonyl (C=O) groups is 3. The van der Waals surface area contributed by atoms with Gasteiger partial charge in [-0.3, -0.25) is 24.1 Å². The van der Waals surface area contributed by atoms with Gasteiger partial charge in [-0.1, -0.05) is 36.1 Å². The number of anilines is 1. The minimum atomic E-state index is -3.49. The molecule has 2 aromatic carbocycles. The highest BCUT2D eigenvalue weighted by atomic mass is 32.2. The molecule has 11 heteroatoms. The van der Waals surface area contributed by atoms with Crippen molar-refractivity contribution in [3.8, 4) is 11.8 Å².